The van der Waals surface area contributed by atoms with Gasteiger partial charge >= 0.3 is 0 Å². The van der Waals surface area contributed by atoms with Crippen molar-refractivity contribution in [3.63, 3.8) is 0 Å². The molecule has 0 aromatic carbocycles. The lowest BCUT2D eigenvalue weighted by Crippen LogP contribution is -2.37. The Morgan fingerprint density at radius 1 is 1.25 bits per heavy atom. The molecule has 0 bridgehead atoms. The van der Waals surface area contributed by atoms with Crippen LogP contribution in [0.25, 0.3) is 0 Å². The molecule has 116 valence electrons. The predicted molar refractivity (Wildman–Crippen MR) is 82.6 cm³/mol. The van der Waals surface area contributed by atoms with E-state index in [0.29, 0.717) is 17.1 Å². The number of ketones is 1. The molecule has 0 aliphatic heterocycles. The molecule has 20 heavy (non-hydrogen) atoms. The van der Waals surface area contributed by atoms with Crippen LogP contribution in [0.4, 0.5) is 0 Å². The summed E-state index contributed by atoms with van der Waals surface area (Å²) in [4.78, 5) is 12.1. The van der Waals surface area contributed by atoms with Gasteiger partial charge in [-0.2, -0.15) is 0 Å². The van der Waals surface area contributed by atoms with E-state index in [1.165, 1.54) is 32.1 Å². The fourth-order valence-corrected chi connectivity index (χ4v) is 4.64. The number of unbranched alkanes of at least 4 members (excludes halogenated alkanes) is 2. The first-order valence-corrected chi connectivity index (χ1v) is 8.58. The predicted octanol–water partition coefficient (Wildman–Crippen LogP) is 4.49. The molecule has 2 aliphatic rings. The summed E-state index contributed by atoms with van der Waals surface area (Å²) in [5.41, 5.74) is -0.203. The summed E-state index contributed by atoms with van der Waals surface area (Å²) in [6.45, 7) is 6.16. The van der Waals surface area contributed by atoms with Crippen LogP contribution in [0.3, 0.4) is 0 Å². The zero-order valence-electron chi connectivity index (χ0n) is 13.6. The number of hydrogen-bond donors (Lipinski definition) is 1. The molecule has 2 rings (SSSR count). The lowest BCUT2D eigenvalue weighted by atomic mass is 9.64. The van der Waals surface area contributed by atoms with E-state index in [4.69, 9.17) is 0 Å². The molecule has 2 nitrogen and oxygen atoms in total. The first-order valence-electron chi connectivity index (χ1n) is 8.58. The van der Waals surface area contributed by atoms with E-state index in [9.17, 15) is 9.90 Å². The standard InChI is InChI=1S/C18H32O2/c1-17(2,20)12-6-4-5-8-14-10-11-15-16(19)9-7-13-18(14,15)3/h14-15,20H,4-13H2,1-3H3/t14?,15?,18-/m1/s1. The summed E-state index contributed by atoms with van der Waals surface area (Å²) >= 11 is 0. The van der Waals surface area contributed by atoms with Gasteiger partial charge in [-0.3, -0.25) is 4.79 Å². The maximum absolute atomic E-state index is 12.1. The Morgan fingerprint density at radius 2 is 2.00 bits per heavy atom. The highest BCUT2D eigenvalue weighted by Crippen LogP contribution is 2.55. The Bertz CT molecular complexity index is 342. The molecule has 0 spiro atoms. The first kappa shape index (κ1) is 16.0. The smallest absolute Gasteiger partial charge is 0.136 e. The summed E-state index contributed by atoms with van der Waals surface area (Å²) in [6.07, 6.45) is 11.4. The fraction of sp³-hybridized carbons (Fsp3) is 0.944. The van der Waals surface area contributed by atoms with Crippen LogP contribution in [0, 0.1) is 17.3 Å². The average molecular weight is 280 g/mol. The quantitative estimate of drug-likeness (QED) is 0.728. The zero-order chi connectivity index (χ0) is 14.8. The third kappa shape index (κ3) is 3.63. The molecular weight excluding hydrogens is 248 g/mol. The van der Waals surface area contributed by atoms with Crippen molar-refractivity contribution in [2.75, 3.05) is 0 Å². The number of aliphatic hydroxyl groups is 1. The number of carbonyl (C=O) groups is 1. The van der Waals surface area contributed by atoms with Crippen molar-refractivity contribution in [2.45, 2.75) is 90.6 Å². The molecule has 2 fully saturated rings. The summed E-state index contributed by atoms with van der Waals surface area (Å²) in [5.74, 6) is 1.68. The molecule has 2 aliphatic carbocycles. The maximum atomic E-state index is 12.1. The first-order chi connectivity index (χ1) is 9.33. The highest BCUT2D eigenvalue weighted by atomic mass is 16.3. The van der Waals surface area contributed by atoms with Gasteiger partial charge in [0.15, 0.2) is 0 Å². The second-order valence-corrected chi connectivity index (χ2v) is 8.06. The number of Topliss-reactive ketones (excluding diaryl/α,β-unsaturated/α-hetero) is 1. The Morgan fingerprint density at radius 3 is 2.70 bits per heavy atom. The summed E-state index contributed by atoms with van der Waals surface area (Å²) in [5, 5.41) is 9.72. The number of rotatable bonds is 6. The minimum absolute atomic E-state index is 0.311. The maximum Gasteiger partial charge on any atom is 0.136 e. The molecule has 3 atom stereocenters. The monoisotopic (exact) mass is 280 g/mol. The van der Waals surface area contributed by atoms with E-state index in [1.54, 1.807) is 0 Å². The summed E-state index contributed by atoms with van der Waals surface area (Å²) < 4.78 is 0. The van der Waals surface area contributed by atoms with Crippen molar-refractivity contribution in [1.29, 1.82) is 0 Å². The van der Waals surface area contributed by atoms with Gasteiger partial charge in [-0.1, -0.05) is 26.2 Å². The van der Waals surface area contributed by atoms with E-state index in [0.717, 1.165) is 38.0 Å². The Balaban J connectivity index is 1.75. The summed E-state index contributed by atoms with van der Waals surface area (Å²) in [6, 6.07) is 0. The topological polar surface area (TPSA) is 37.3 Å². The second kappa shape index (κ2) is 6.17. The van der Waals surface area contributed by atoms with Crippen molar-refractivity contribution < 1.29 is 9.90 Å². The van der Waals surface area contributed by atoms with Crippen molar-refractivity contribution >= 4 is 5.78 Å². The SMILES string of the molecule is CC(C)(O)CCCCCC1CCC2C(=O)CCC[C@]12C. The van der Waals surface area contributed by atoms with Gasteiger partial charge in [0.1, 0.15) is 5.78 Å². The van der Waals surface area contributed by atoms with E-state index in [1.807, 2.05) is 13.8 Å². The van der Waals surface area contributed by atoms with E-state index in [-0.39, 0.29) is 0 Å². The molecule has 2 heteroatoms. The van der Waals surface area contributed by atoms with Gasteiger partial charge < -0.3 is 5.11 Å². The van der Waals surface area contributed by atoms with E-state index < -0.39 is 5.60 Å². The van der Waals surface area contributed by atoms with Crippen LogP contribution in [0.2, 0.25) is 0 Å². The highest BCUT2D eigenvalue weighted by molar-refractivity contribution is 5.83. The Labute approximate surface area is 124 Å². The summed E-state index contributed by atoms with van der Waals surface area (Å²) in [7, 11) is 0. The van der Waals surface area contributed by atoms with Crippen molar-refractivity contribution in [3.05, 3.63) is 0 Å². The third-order valence-electron chi connectivity index (χ3n) is 5.90. The second-order valence-electron chi connectivity index (χ2n) is 8.06. The Hall–Kier alpha value is -0.370. The molecule has 2 unspecified atom stereocenters. The molecule has 0 amide bonds. The van der Waals surface area contributed by atoms with Crippen molar-refractivity contribution in [2.24, 2.45) is 17.3 Å². The van der Waals surface area contributed by atoms with Crippen LogP contribution in [0.1, 0.15) is 85.0 Å². The Kier molecular flexibility index (Phi) is 4.94. The zero-order valence-corrected chi connectivity index (χ0v) is 13.6. The molecule has 0 saturated heterocycles. The van der Waals surface area contributed by atoms with Gasteiger partial charge in [-0.15, -0.1) is 0 Å². The molecule has 1 N–H and O–H groups in total. The molecule has 2 saturated carbocycles. The van der Waals surface area contributed by atoms with Crippen LogP contribution in [-0.4, -0.2) is 16.5 Å². The van der Waals surface area contributed by atoms with Crippen LogP contribution in [0.15, 0.2) is 0 Å². The van der Waals surface area contributed by atoms with Crippen molar-refractivity contribution in [1.82, 2.24) is 0 Å². The van der Waals surface area contributed by atoms with Gasteiger partial charge in [-0.05, 0) is 63.7 Å². The van der Waals surface area contributed by atoms with Gasteiger partial charge in [0.2, 0.25) is 0 Å². The van der Waals surface area contributed by atoms with E-state index >= 15 is 0 Å². The molecule has 0 aromatic rings. The number of carbonyl (C=O) groups excluding carboxylic acids is 1. The van der Waals surface area contributed by atoms with Crippen molar-refractivity contribution in [3.8, 4) is 0 Å². The van der Waals surface area contributed by atoms with Gasteiger partial charge in [0, 0.05) is 12.3 Å². The van der Waals surface area contributed by atoms with Gasteiger partial charge in [0.25, 0.3) is 0 Å². The molecule has 0 heterocycles. The molecular formula is C18H32O2. The molecule has 0 radical (unpaired) electrons. The largest absolute Gasteiger partial charge is 0.390 e. The third-order valence-corrected chi connectivity index (χ3v) is 5.90. The minimum Gasteiger partial charge on any atom is -0.390 e. The van der Waals surface area contributed by atoms with E-state index in [2.05, 4.69) is 6.92 Å². The fourth-order valence-electron chi connectivity index (χ4n) is 4.64. The lowest BCUT2D eigenvalue weighted by Gasteiger charge is -2.40. The average Bonchev–Trinajstić information content (AvgIpc) is 2.66. The van der Waals surface area contributed by atoms with Gasteiger partial charge in [0.05, 0.1) is 5.60 Å². The van der Waals surface area contributed by atoms with Crippen LogP contribution < -0.4 is 0 Å². The van der Waals surface area contributed by atoms with Crippen LogP contribution in [-0.2, 0) is 4.79 Å². The number of fused-ring (bicyclic) bond motifs is 1. The number of hydrogen-bond acceptors (Lipinski definition) is 2. The lowest BCUT2D eigenvalue weighted by molar-refractivity contribution is -0.129. The minimum atomic E-state index is -0.514. The normalized spacial score (nSPS) is 34.3. The molecule has 0 aromatic heterocycles. The van der Waals surface area contributed by atoms with Gasteiger partial charge in [-0.25, -0.2) is 0 Å². The van der Waals surface area contributed by atoms with Crippen LogP contribution >= 0.6 is 0 Å². The van der Waals surface area contributed by atoms with Crippen LogP contribution in [0.5, 0.6) is 0 Å². The highest BCUT2D eigenvalue weighted by Gasteiger charge is 2.50.